The van der Waals surface area contributed by atoms with Crippen molar-refractivity contribution in [2.24, 2.45) is 5.73 Å². The second-order valence-corrected chi connectivity index (χ2v) is 4.18. The van der Waals surface area contributed by atoms with Crippen molar-refractivity contribution < 1.29 is 0 Å². The summed E-state index contributed by atoms with van der Waals surface area (Å²) in [5.74, 6) is 0.925. The van der Waals surface area contributed by atoms with Gasteiger partial charge >= 0.3 is 0 Å². The maximum Gasteiger partial charge on any atom is 0.126 e. The molecule has 0 saturated heterocycles. The second kappa shape index (κ2) is 4.13. The molecule has 0 aliphatic heterocycles. The van der Waals surface area contributed by atoms with Crippen LogP contribution in [0.3, 0.4) is 0 Å². The van der Waals surface area contributed by atoms with Crippen LogP contribution in [-0.4, -0.2) is 9.97 Å². The first kappa shape index (κ1) is 11.2. The van der Waals surface area contributed by atoms with Crippen LogP contribution >= 0.6 is 0 Å². The van der Waals surface area contributed by atoms with Crippen LogP contribution in [0.25, 0.3) is 0 Å². The molecule has 0 spiro atoms. The lowest BCUT2D eigenvalue weighted by Crippen LogP contribution is -2.34. The lowest BCUT2D eigenvalue weighted by atomic mass is 9.97. The highest BCUT2D eigenvalue weighted by Gasteiger charge is 2.24. The van der Waals surface area contributed by atoms with Crippen molar-refractivity contribution in [3.05, 3.63) is 17.2 Å². The third-order valence-corrected chi connectivity index (χ3v) is 2.63. The molecular weight excluding hydrogens is 174 g/mol. The van der Waals surface area contributed by atoms with Crippen molar-refractivity contribution in [2.75, 3.05) is 0 Å². The van der Waals surface area contributed by atoms with Gasteiger partial charge in [0.2, 0.25) is 0 Å². The van der Waals surface area contributed by atoms with E-state index in [2.05, 4.69) is 30.7 Å². The molecule has 1 unspecified atom stereocenters. The van der Waals surface area contributed by atoms with E-state index in [9.17, 15) is 0 Å². The Labute approximate surface area is 86.1 Å². The van der Waals surface area contributed by atoms with Gasteiger partial charge in [0.25, 0.3) is 0 Å². The van der Waals surface area contributed by atoms with E-state index in [0.717, 1.165) is 36.5 Å². The third-order valence-electron chi connectivity index (χ3n) is 2.63. The third kappa shape index (κ3) is 2.15. The molecule has 1 aromatic heterocycles. The van der Waals surface area contributed by atoms with Gasteiger partial charge in [-0.25, -0.2) is 4.98 Å². The smallest absolute Gasteiger partial charge is 0.126 e. The summed E-state index contributed by atoms with van der Waals surface area (Å²) in [5, 5.41) is 0. The Balaban J connectivity index is 2.95. The fraction of sp³-hybridized carbons (Fsp3) is 0.727. The maximum atomic E-state index is 6.19. The predicted octanol–water partition coefficient (Wildman–Crippen LogP) is 2.25. The Morgan fingerprint density at radius 3 is 2.50 bits per heavy atom. The Bertz CT molecular complexity index is 299. The van der Waals surface area contributed by atoms with E-state index in [0.29, 0.717) is 0 Å². The summed E-state index contributed by atoms with van der Waals surface area (Å²) in [6.45, 7) is 8.34. The number of H-pyrrole nitrogens is 1. The van der Waals surface area contributed by atoms with Crippen molar-refractivity contribution in [3.63, 3.8) is 0 Å². The number of aryl methyl sites for hydroxylation is 2. The minimum atomic E-state index is -0.313. The number of nitrogens with two attached hydrogens (primary N) is 1. The van der Waals surface area contributed by atoms with E-state index >= 15 is 0 Å². The zero-order valence-electron chi connectivity index (χ0n) is 9.65. The van der Waals surface area contributed by atoms with Crippen LogP contribution in [0.1, 0.15) is 50.8 Å². The van der Waals surface area contributed by atoms with E-state index in [1.165, 1.54) is 0 Å². The zero-order chi connectivity index (χ0) is 10.8. The summed E-state index contributed by atoms with van der Waals surface area (Å²) in [5.41, 5.74) is 8.16. The van der Waals surface area contributed by atoms with Gasteiger partial charge in [-0.2, -0.15) is 0 Å². The highest BCUT2D eigenvalue weighted by molar-refractivity contribution is 5.17. The van der Waals surface area contributed by atoms with Crippen LogP contribution in [0.5, 0.6) is 0 Å². The Morgan fingerprint density at radius 2 is 2.07 bits per heavy atom. The number of hydrogen-bond acceptors (Lipinski definition) is 2. The van der Waals surface area contributed by atoms with Crippen LogP contribution in [0, 0.1) is 6.92 Å². The molecule has 1 atom stereocenters. The fourth-order valence-corrected chi connectivity index (χ4v) is 1.75. The van der Waals surface area contributed by atoms with Crippen LogP contribution in [0.2, 0.25) is 0 Å². The highest BCUT2D eigenvalue weighted by atomic mass is 15.0. The van der Waals surface area contributed by atoms with E-state index in [1.807, 2.05) is 6.92 Å². The Kier molecular flexibility index (Phi) is 3.32. The molecule has 0 aliphatic carbocycles. The number of imidazole rings is 1. The SMILES string of the molecule is CCCC(C)(N)c1nc(CC)c(C)[nH]1. The molecule has 0 radical (unpaired) electrons. The van der Waals surface area contributed by atoms with Gasteiger partial charge in [0, 0.05) is 5.69 Å². The van der Waals surface area contributed by atoms with Crippen LogP contribution in [0.15, 0.2) is 0 Å². The second-order valence-electron chi connectivity index (χ2n) is 4.18. The van der Waals surface area contributed by atoms with Crippen LogP contribution in [-0.2, 0) is 12.0 Å². The summed E-state index contributed by atoms with van der Waals surface area (Å²) >= 11 is 0. The van der Waals surface area contributed by atoms with Gasteiger partial charge in [0.1, 0.15) is 5.82 Å². The van der Waals surface area contributed by atoms with Gasteiger partial charge in [-0.1, -0.05) is 20.3 Å². The Hall–Kier alpha value is -0.830. The lowest BCUT2D eigenvalue weighted by molar-refractivity contribution is 0.422. The van der Waals surface area contributed by atoms with Gasteiger partial charge in [-0.05, 0) is 26.7 Å². The summed E-state index contributed by atoms with van der Waals surface area (Å²) in [6.07, 6.45) is 3.00. The van der Waals surface area contributed by atoms with Gasteiger partial charge in [0.05, 0.1) is 11.2 Å². The molecule has 0 aromatic carbocycles. The quantitative estimate of drug-likeness (QED) is 0.774. The van der Waals surface area contributed by atoms with Crippen molar-refractivity contribution in [1.82, 2.24) is 9.97 Å². The largest absolute Gasteiger partial charge is 0.344 e. The number of nitrogens with zero attached hydrogens (tertiary/aromatic N) is 1. The average Bonchev–Trinajstić information content (AvgIpc) is 2.47. The van der Waals surface area contributed by atoms with Gasteiger partial charge in [-0.3, -0.25) is 0 Å². The summed E-state index contributed by atoms with van der Waals surface area (Å²) in [4.78, 5) is 7.82. The molecule has 0 aliphatic rings. The number of aromatic amines is 1. The van der Waals surface area contributed by atoms with E-state index in [-0.39, 0.29) is 5.54 Å². The molecule has 80 valence electrons. The fourth-order valence-electron chi connectivity index (χ4n) is 1.75. The minimum Gasteiger partial charge on any atom is -0.344 e. The molecule has 3 heteroatoms. The van der Waals surface area contributed by atoms with Gasteiger partial charge < -0.3 is 10.7 Å². The van der Waals surface area contributed by atoms with Crippen molar-refractivity contribution in [2.45, 2.75) is 52.5 Å². The number of rotatable bonds is 4. The summed E-state index contributed by atoms with van der Waals surface area (Å²) < 4.78 is 0. The molecule has 3 nitrogen and oxygen atoms in total. The van der Waals surface area contributed by atoms with Gasteiger partial charge in [-0.15, -0.1) is 0 Å². The minimum absolute atomic E-state index is 0.313. The molecule has 0 amide bonds. The molecule has 0 fully saturated rings. The number of hydrogen-bond donors (Lipinski definition) is 2. The van der Waals surface area contributed by atoms with E-state index in [4.69, 9.17) is 5.73 Å². The van der Waals surface area contributed by atoms with Crippen LogP contribution in [0.4, 0.5) is 0 Å². The molecular formula is C11H21N3. The molecule has 1 aromatic rings. The van der Waals surface area contributed by atoms with E-state index < -0.39 is 0 Å². The first-order chi connectivity index (χ1) is 6.51. The summed E-state index contributed by atoms with van der Waals surface area (Å²) in [7, 11) is 0. The first-order valence-electron chi connectivity index (χ1n) is 5.36. The molecule has 0 bridgehead atoms. The molecule has 3 N–H and O–H groups in total. The monoisotopic (exact) mass is 195 g/mol. The number of nitrogens with one attached hydrogen (secondary N) is 1. The molecule has 14 heavy (non-hydrogen) atoms. The Morgan fingerprint density at radius 1 is 1.43 bits per heavy atom. The van der Waals surface area contributed by atoms with Crippen LogP contribution < -0.4 is 5.73 Å². The van der Waals surface area contributed by atoms with Gasteiger partial charge in [0.15, 0.2) is 0 Å². The zero-order valence-corrected chi connectivity index (χ0v) is 9.65. The molecule has 1 heterocycles. The average molecular weight is 195 g/mol. The van der Waals surface area contributed by atoms with Crippen molar-refractivity contribution in [1.29, 1.82) is 0 Å². The van der Waals surface area contributed by atoms with Crippen molar-refractivity contribution in [3.8, 4) is 0 Å². The standard InChI is InChI=1S/C11H21N3/c1-5-7-11(4,12)10-13-8(3)9(6-2)14-10/h5-7,12H2,1-4H3,(H,13,14). The van der Waals surface area contributed by atoms with Crippen molar-refractivity contribution >= 4 is 0 Å². The normalized spacial score (nSPS) is 15.5. The number of aromatic nitrogens is 2. The molecule has 1 rings (SSSR count). The highest BCUT2D eigenvalue weighted by Crippen LogP contribution is 2.21. The first-order valence-corrected chi connectivity index (χ1v) is 5.36. The van der Waals surface area contributed by atoms with E-state index in [1.54, 1.807) is 0 Å². The summed E-state index contributed by atoms with van der Waals surface area (Å²) in [6, 6.07) is 0. The lowest BCUT2D eigenvalue weighted by Gasteiger charge is -2.21. The predicted molar refractivity (Wildman–Crippen MR) is 59.2 cm³/mol. The maximum absolute atomic E-state index is 6.19. The molecule has 0 saturated carbocycles. The topological polar surface area (TPSA) is 54.7 Å².